The highest BCUT2D eigenvalue weighted by atomic mass is 35.5. The lowest BCUT2D eigenvalue weighted by molar-refractivity contribution is 0.392. The summed E-state index contributed by atoms with van der Waals surface area (Å²) in [5.74, 6) is 1.08. The number of rotatable bonds is 5. The number of aromatic nitrogens is 2. The Balaban J connectivity index is 2.09. The molecule has 1 aromatic heterocycles. The van der Waals surface area contributed by atoms with Crippen LogP contribution < -0.4 is 5.32 Å². The van der Waals surface area contributed by atoms with E-state index in [4.69, 9.17) is 11.6 Å². The highest BCUT2D eigenvalue weighted by Crippen LogP contribution is 2.15. The lowest BCUT2D eigenvalue weighted by Gasteiger charge is -2.12. The van der Waals surface area contributed by atoms with Gasteiger partial charge in [-0.3, -0.25) is 0 Å². The third-order valence-corrected chi connectivity index (χ3v) is 3.07. The molecule has 112 valence electrons. The van der Waals surface area contributed by atoms with E-state index in [0.29, 0.717) is 35.4 Å². The van der Waals surface area contributed by atoms with E-state index in [-0.39, 0.29) is 5.82 Å². The van der Waals surface area contributed by atoms with Crippen molar-refractivity contribution in [2.24, 2.45) is 0 Å². The van der Waals surface area contributed by atoms with Crippen LogP contribution in [0.15, 0.2) is 24.3 Å². The molecule has 0 fully saturated rings. The average molecular weight is 309 g/mol. The van der Waals surface area contributed by atoms with Crippen molar-refractivity contribution in [1.29, 1.82) is 0 Å². The summed E-state index contributed by atoms with van der Waals surface area (Å²) < 4.78 is 13.7. The van der Waals surface area contributed by atoms with Crippen LogP contribution in [-0.4, -0.2) is 29.0 Å². The van der Waals surface area contributed by atoms with Crippen LogP contribution in [0.2, 0.25) is 5.15 Å². The standard InChI is InChI=1S/C15H18ClFN4/c1-10-19-14(16)7-15(20-10)18-8-11-4-5-13(17)12(6-11)9-21(2)3/h4-7H,8-9H2,1-3H3,(H,18,19,20). The second-order valence-electron chi connectivity index (χ2n) is 5.14. The van der Waals surface area contributed by atoms with Crippen molar-refractivity contribution < 1.29 is 4.39 Å². The Morgan fingerprint density at radius 1 is 1.24 bits per heavy atom. The molecule has 0 saturated carbocycles. The van der Waals surface area contributed by atoms with E-state index < -0.39 is 0 Å². The van der Waals surface area contributed by atoms with Crippen molar-refractivity contribution in [3.63, 3.8) is 0 Å². The molecule has 21 heavy (non-hydrogen) atoms. The molecule has 6 heteroatoms. The topological polar surface area (TPSA) is 41.1 Å². The molecule has 1 heterocycles. The molecule has 4 nitrogen and oxygen atoms in total. The zero-order valence-corrected chi connectivity index (χ0v) is 13.1. The lowest BCUT2D eigenvalue weighted by atomic mass is 10.1. The van der Waals surface area contributed by atoms with E-state index in [1.165, 1.54) is 6.07 Å². The summed E-state index contributed by atoms with van der Waals surface area (Å²) in [5.41, 5.74) is 1.66. The maximum atomic E-state index is 13.7. The SMILES string of the molecule is Cc1nc(Cl)cc(NCc2ccc(F)c(CN(C)C)c2)n1. The molecule has 0 unspecified atom stereocenters. The van der Waals surface area contributed by atoms with Crippen LogP contribution >= 0.6 is 11.6 Å². The van der Waals surface area contributed by atoms with Gasteiger partial charge in [-0.2, -0.15) is 0 Å². The molecule has 0 bridgehead atoms. The number of nitrogens with zero attached hydrogens (tertiary/aromatic N) is 3. The van der Waals surface area contributed by atoms with Gasteiger partial charge in [0.15, 0.2) is 0 Å². The van der Waals surface area contributed by atoms with E-state index in [0.717, 1.165) is 5.56 Å². The van der Waals surface area contributed by atoms with Gasteiger partial charge in [0.2, 0.25) is 0 Å². The van der Waals surface area contributed by atoms with Crippen molar-refractivity contribution in [3.8, 4) is 0 Å². The molecule has 2 aromatic rings. The van der Waals surface area contributed by atoms with Crippen molar-refractivity contribution in [2.75, 3.05) is 19.4 Å². The van der Waals surface area contributed by atoms with Crippen molar-refractivity contribution in [1.82, 2.24) is 14.9 Å². The second kappa shape index (κ2) is 6.83. The highest BCUT2D eigenvalue weighted by molar-refractivity contribution is 6.29. The van der Waals surface area contributed by atoms with Crippen molar-refractivity contribution in [2.45, 2.75) is 20.0 Å². The molecular formula is C15H18ClFN4. The second-order valence-corrected chi connectivity index (χ2v) is 5.53. The molecule has 0 aliphatic rings. The largest absolute Gasteiger partial charge is 0.366 e. The van der Waals surface area contributed by atoms with Crippen LogP contribution in [0.25, 0.3) is 0 Å². The molecule has 0 amide bonds. The number of halogens is 2. The Labute approximate surface area is 129 Å². The summed E-state index contributed by atoms with van der Waals surface area (Å²) in [5, 5.41) is 3.57. The molecule has 1 N–H and O–H groups in total. The number of hydrogen-bond donors (Lipinski definition) is 1. The molecule has 0 radical (unpaired) electrons. The van der Waals surface area contributed by atoms with Gasteiger partial charge in [-0.05, 0) is 38.7 Å². The molecule has 0 spiro atoms. The summed E-state index contributed by atoms with van der Waals surface area (Å²) in [6.07, 6.45) is 0. The Kier molecular flexibility index (Phi) is 5.09. The fourth-order valence-electron chi connectivity index (χ4n) is 2.01. The zero-order valence-electron chi connectivity index (χ0n) is 12.3. The number of hydrogen-bond acceptors (Lipinski definition) is 4. The van der Waals surface area contributed by atoms with Crippen LogP contribution in [0, 0.1) is 12.7 Å². The van der Waals surface area contributed by atoms with Gasteiger partial charge >= 0.3 is 0 Å². The first kappa shape index (κ1) is 15.7. The third-order valence-electron chi connectivity index (χ3n) is 2.88. The van der Waals surface area contributed by atoms with E-state index in [9.17, 15) is 4.39 Å². The van der Waals surface area contributed by atoms with Gasteiger partial charge < -0.3 is 10.2 Å². The number of benzene rings is 1. The number of anilines is 1. The van der Waals surface area contributed by atoms with Crippen molar-refractivity contribution >= 4 is 17.4 Å². The predicted molar refractivity (Wildman–Crippen MR) is 82.9 cm³/mol. The first-order valence-electron chi connectivity index (χ1n) is 6.61. The molecule has 0 saturated heterocycles. The van der Waals surface area contributed by atoms with Crippen LogP contribution in [0.5, 0.6) is 0 Å². The van der Waals surface area contributed by atoms with Crippen LogP contribution in [0.4, 0.5) is 10.2 Å². The Morgan fingerprint density at radius 3 is 2.67 bits per heavy atom. The van der Waals surface area contributed by atoms with Gasteiger partial charge in [-0.1, -0.05) is 17.7 Å². The minimum atomic E-state index is -0.187. The molecule has 1 aromatic carbocycles. The maximum Gasteiger partial charge on any atom is 0.134 e. The summed E-state index contributed by atoms with van der Waals surface area (Å²) >= 11 is 5.89. The molecule has 0 aliphatic heterocycles. The minimum absolute atomic E-state index is 0.187. The maximum absolute atomic E-state index is 13.7. The lowest BCUT2D eigenvalue weighted by Crippen LogP contribution is -2.12. The Morgan fingerprint density at radius 2 is 2.00 bits per heavy atom. The molecule has 0 atom stereocenters. The highest BCUT2D eigenvalue weighted by Gasteiger charge is 2.06. The van der Waals surface area contributed by atoms with Crippen LogP contribution in [-0.2, 0) is 13.1 Å². The fourth-order valence-corrected chi connectivity index (χ4v) is 2.24. The average Bonchev–Trinajstić information content (AvgIpc) is 2.38. The Bertz CT molecular complexity index is 611. The van der Waals surface area contributed by atoms with E-state index in [1.807, 2.05) is 25.1 Å². The summed E-state index contributed by atoms with van der Waals surface area (Å²) in [6.45, 7) is 2.90. The monoisotopic (exact) mass is 308 g/mol. The Hall–Kier alpha value is -1.72. The van der Waals surface area contributed by atoms with Crippen LogP contribution in [0.3, 0.4) is 0 Å². The smallest absolute Gasteiger partial charge is 0.134 e. The summed E-state index contributed by atoms with van der Waals surface area (Å²) in [4.78, 5) is 10.2. The van der Waals surface area contributed by atoms with Gasteiger partial charge in [0, 0.05) is 24.7 Å². The van der Waals surface area contributed by atoms with Crippen LogP contribution in [0.1, 0.15) is 17.0 Å². The van der Waals surface area contributed by atoms with Gasteiger partial charge in [0.05, 0.1) is 0 Å². The molecule has 2 rings (SSSR count). The first-order valence-corrected chi connectivity index (χ1v) is 6.99. The predicted octanol–water partition coefficient (Wildman–Crippen LogP) is 3.25. The fraction of sp³-hybridized carbons (Fsp3) is 0.333. The quantitative estimate of drug-likeness (QED) is 0.861. The van der Waals surface area contributed by atoms with E-state index in [1.54, 1.807) is 19.1 Å². The molecule has 0 aliphatic carbocycles. The van der Waals surface area contributed by atoms with Gasteiger partial charge in [-0.15, -0.1) is 0 Å². The minimum Gasteiger partial charge on any atom is -0.366 e. The zero-order chi connectivity index (χ0) is 15.4. The summed E-state index contributed by atoms with van der Waals surface area (Å²) in [7, 11) is 3.83. The number of nitrogens with one attached hydrogen (secondary N) is 1. The van der Waals surface area contributed by atoms with Gasteiger partial charge in [-0.25, -0.2) is 14.4 Å². The third kappa shape index (κ3) is 4.65. The van der Waals surface area contributed by atoms with E-state index in [2.05, 4.69) is 15.3 Å². The molecular weight excluding hydrogens is 291 g/mol. The summed E-state index contributed by atoms with van der Waals surface area (Å²) in [6, 6.07) is 6.78. The number of aryl methyl sites for hydroxylation is 1. The van der Waals surface area contributed by atoms with Crippen molar-refractivity contribution in [3.05, 3.63) is 52.2 Å². The first-order chi connectivity index (χ1) is 9.94. The van der Waals surface area contributed by atoms with E-state index >= 15 is 0 Å². The van der Waals surface area contributed by atoms with Gasteiger partial charge in [0.1, 0.15) is 22.6 Å². The normalized spacial score (nSPS) is 11.0. The van der Waals surface area contributed by atoms with Gasteiger partial charge in [0.25, 0.3) is 0 Å².